The van der Waals surface area contributed by atoms with Gasteiger partial charge in [0, 0.05) is 20.3 Å². The zero-order valence-corrected chi connectivity index (χ0v) is 4.31. The van der Waals surface area contributed by atoms with Crippen molar-refractivity contribution in [2.45, 2.75) is 13.7 Å². The number of aliphatic hydroxyl groups excluding tert-OH is 1. The standard InChI is InChI=1S/C6H15NO/c1-3-7(4-2)5-6-8/h8H,3-6H2,1-2H3/i1D3,2D3,3D2,4D2. The molecule has 0 aromatic heterocycles. The predicted octanol–water partition coefficient (Wildman–Crippen LogP) is 0.321. The van der Waals surface area contributed by atoms with Crippen molar-refractivity contribution < 1.29 is 18.8 Å². The van der Waals surface area contributed by atoms with Gasteiger partial charge in [-0.1, -0.05) is 13.7 Å². The minimum Gasteiger partial charge on any atom is -0.395 e. The van der Waals surface area contributed by atoms with Crippen molar-refractivity contribution in [2.75, 3.05) is 26.1 Å². The summed E-state index contributed by atoms with van der Waals surface area (Å²) in [4.78, 5) is 0.0139. The smallest absolute Gasteiger partial charge is 0.0558 e. The summed E-state index contributed by atoms with van der Waals surface area (Å²) in [6, 6.07) is 0. The molecule has 0 saturated carbocycles. The zero-order chi connectivity index (χ0) is 15.0. The summed E-state index contributed by atoms with van der Waals surface area (Å²) in [5.41, 5.74) is 0. The average Bonchev–Trinajstić information content (AvgIpc) is 2.09. The fraction of sp³-hybridized carbons (Fsp3) is 1.00. The van der Waals surface area contributed by atoms with Gasteiger partial charge in [-0.3, -0.25) is 0 Å². The van der Waals surface area contributed by atoms with Gasteiger partial charge in [0.1, 0.15) is 0 Å². The molecular weight excluding hydrogens is 102 g/mol. The Kier molecular flexibility index (Phi) is 0.839. The van der Waals surface area contributed by atoms with Gasteiger partial charge in [0.2, 0.25) is 0 Å². The molecule has 0 atom stereocenters. The van der Waals surface area contributed by atoms with Gasteiger partial charge in [0.05, 0.1) is 6.61 Å². The third kappa shape index (κ3) is 2.99. The first-order chi connectivity index (χ1) is 7.69. The summed E-state index contributed by atoms with van der Waals surface area (Å²) in [5, 5.41) is 8.75. The third-order valence-corrected chi connectivity index (χ3v) is 0.594. The van der Waals surface area contributed by atoms with E-state index in [1.807, 2.05) is 0 Å². The highest BCUT2D eigenvalue weighted by atomic mass is 16.3. The highest BCUT2D eigenvalue weighted by Gasteiger charge is 1.93. The molecule has 8 heavy (non-hydrogen) atoms. The second-order valence-corrected chi connectivity index (χ2v) is 1.10. The quantitative estimate of drug-likeness (QED) is 0.588. The lowest BCUT2D eigenvalue weighted by atomic mass is 10.5. The van der Waals surface area contributed by atoms with Crippen LogP contribution in [-0.4, -0.2) is 36.2 Å². The van der Waals surface area contributed by atoms with Crippen LogP contribution in [0.2, 0.25) is 0 Å². The molecule has 0 bridgehead atoms. The predicted molar refractivity (Wildman–Crippen MR) is 34.9 cm³/mol. The Bertz CT molecular complexity index is 255. The molecule has 0 amide bonds. The zero-order valence-electron chi connectivity index (χ0n) is 14.3. The fourth-order valence-corrected chi connectivity index (χ4v) is 0.240. The monoisotopic (exact) mass is 127 g/mol. The normalized spacial score (nSPS) is 35.8. The molecule has 1 N–H and O–H groups in total. The summed E-state index contributed by atoms with van der Waals surface area (Å²) in [7, 11) is 0. The minimum atomic E-state index is -3.25. The number of hydrogen-bond acceptors (Lipinski definition) is 2. The van der Waals surface area contributed by atoms with Crippen LogP contribution < -0.4 is 0 Å². The Hall–Kier alpha value is -0.0800. The maximum absolute atomic E-state index is 8.75. The average molecular weight is 127 g/mol. The number of rotatable bonds is 4. The van der Waals surface area contributed by atoms with Crippen LogP contribution in [0.1, 0.15) is 27.4 Å². The lowest BCUT2D eigenvalue weighted by molar-refractivity contribution is 0.208. The molecule has 0 aromatic rings. The van der Waals surface area contributed by atoms with Crippen molar-refractivity contribution >= 4 is 0 Å². The Morgan fingerprint density at radius 2 is 2.25 bits per heavy atom. The van der Waals surface area contributed by atoms with Crippen molar-refractivity contribution in [3.8, 4) is 0 Å². The number of likely N-dealkylation sites (N-methyl/N-ethyl adjacent to an activating group) is 1. The van der Waals surface area contributed by atoms with Gasteiger partial charge < -0.3 is 10.0 Å². The van der Waals surface area contributed by atoms with Crippen LogP contribution in [0.3, 0.4) is 0 Å². The van der Waals surface area contributed by atoms with Crippen molar-refractivity contribution in [2.24, 2.45) is 0 Å². The molecular formula is C6H15NO. The van der Waals surface area contributed by atoms with Gasteiger partial charge >= 0.3 is 0 Å². The van der Waals surface area contributed by atoms with Crippen molar-refractivity contribution in [1.82, 2.24) is 4.90 Å². The molecule has 0 aliphatic carbocycles. The topological polar surface area (TPSA) is 23.5 Å². The van der Waals surface area contributed by atoms with Crippen LogP contribution in [0, 0.1) is 0 Å². The maximum atomic E-state index is 8.75. The van der Waals surface area contributed by atoms with Crippen LogP contribution in [0.5, 0.6) is 0 Å². The van der Waals surface area contributed by atoms with E-state index in [0.717, 1.165) is 0 Å². The minimum absolute atomic E-state index is 0.0139. The summed E-state index contributed by atoms with van der Waals surface area (Å²) in [5.74, 6) is 0. The van der Waals surface area contributed by atoms with Crippen LogP contribution in [0.25, 0.3) is 0 Å². The van der Waals surface area contributed by atoms with E-state index < -0.39 is 39.8 Å². The molecule has 50 valence electrons. The molecule has 2 heteroatoms. The van der Waals surface area contributed by atoms with E-state index in [9.17, 15) is 0 Å². The van der Waals surface area contributed by atoms with Crippen LogP contribution >= 0.6 is 0 Å². The number of nitrogens with zero attached hydrogens (tertiary/aromatic N) is 1. The molecule has 2 nitrogen and oxygen atoms in total. The number of hydrogen-bond donors (Lipinski definition) is 1. The maximum Gasteiger partial charge on any atom is 0.0558 e. The lowest BCUT2D eigenvalue weighted by Crippen LogP contribution is -2.25. The van der Waals surface area contributed by atoms with Crippen molar-refractivity contribution in [1.29, 1.82) is 0 Å². The number of aliphatic hydroxyl groups is 1. The largest absolute Gasteiger partial charge is 0.395 e. The summed E-state index contributed by atoms with van der Waals surface area (Å²) in [6.07, 6.45) is 0. The van der Waals surface area contributed by atoms with E-state index in [-0.39, 0.29) is 4.90 Å². The molecule has 0 unspecified atom stereocenters. The van der Waals surface area contributed by atoms with Gasteiger partial charge in [-0.25, -0.2) is 0 Å². The molecule has 0 fully saturated rings. The van der Waals surface area contributed by atoms with E-state index in [1.54, 1.807) is 0 Å². The Morgan fingerprint density at radius 1 is 1.62 bits per heavy atom. The van der Waals surface area contributed by atoms with E-state index in [4.69, 9.17) is 18.8 Å². The van der Waals surface area contributed by atoms with E-state index in [1.165, 1.54) is 0 Å². The van der Waals surface area contributed by atoms with Gasteiger partial charge in [-0.05, 0) is 13.0 Å². The first-order valence-corrected chi connectivity index (χ1v) is 2.08. The first kappa shape index (κ1) is 1.32. The van der Waals surface area contributed by atoms with E-state index >= 15 is 0 Å². The van der Waals surface area contributed by atoms with Crippen LogP contribution in [-0.2, 0) is 0 Å². The second-order valence-electron chi connectivity index (χ2n) is 1.10. The Labute approximate surface area is 65.2 Å². The molecule has 0 rings (SSSR count). The summed E-state index contributed by atoms with van der Waals surface area (Å²) < 4.78 is 71.7. The van der Waals surface area contributed by atoms with Crippen molar-refractivity contribution in [3.05, 3.63) is 0 Å². The first-order valence-electron chi connectivity index (χ1n) is 7.08. The molecule has 0 aliphatic heterocycles. The second kappa shape index (κ2) is 5.06. The van der Waals surface area contributed by atoms with Crippen molar-refractivity contribution in [3.63, 3.8) is 0 Å². The molecule has 0 radical (unpaired) electrons. The summed E-state index contributed by atoms with van der Waals surface area (Å²) in [6.45, 7) is -14.5. The highest BCUT2D eigenvalue weighted by molar-refractivity contribution is 4.47. The highest BCUT2D eigenvalue weighted by Crippen LogP contribution is 1.82. The van der Waals surface area contributed by atoms with Crippen LogP contribution in [0.4, 0.5) is 0 Å². The molecule has 0 spiro atoms. The molecule has 0 aromatic carbocycles. The van der Waals surface area contributed by atoms with E-state index in [0.29, 0.717) is 0 Å². The van der Waals surface area contributed by atoms with Crippen LogP contribution in [0.15, 0.2) is 0 Å². The molecule has 0 aliphatic rings. The van der Waals surface area contributed by atoms with Gasteiger partial charge in [-0.15, -0.1) is 0 Å². The lowest BCUT2D eigenvalue weighted by Gasteiger charge is -2.15. The third-order valence-electron chi connectivity index (χ3n) is 0.594. The van der Waals surface area contributed by atoms with E-state index in [2.05, 4.69) is 0 Å². The molecule has 0 heterocycles. The fourth-order valence-electron chi connectivity index (χ4n) is 0.240. The Balaban J connectivity index is 5.60. The SMILES string of the molecule is [2H]C([2H])([2H])C([2H])([2H])N(CCO)C([2H])([2H])C([2H])([2H])[2H]. The van der Waals surface area contributed by atoms with Gasteiger partial charge in [-0.2, -0.15) is 0 Å². The Morgan fingerprint density at radius 3 is 2.62 bits per heavy atom. The summed E-state index contributed by atoms with van der Waals surface area (Å²) >= 11 is 0. The molecule has 0 saturated heterocycles. The van der Waals surface area contributed by atoms with Gasteiger partial charge in [0.15, 0.2) is 0 Å². The van der Waals surface area contributed by atoms with Gasteiger partial charge in [0.25, 0.3) is 0 Å².